The molecule has 1 amide bonds. The summed E-state index contributed by atoms with van der Waals surface area (Å²) in [4.78, 5) is 12.3. The lowest BCUT2D eigenvalue weighted by Crippen LogP contribution is -2.24. The largest absolute Gasteiger partial charge is 0.494 e. The molecule has 0 saturated carbocycles. The molecule has 0 bridgehead atoms. The Morgan fingerprint density at radius 2 is 1.91 bits per heavy atom. The highest BCUT2D eigenvalue weighted by Crippen LogP contribution is 2.29. The van der Waals surface area contributed by atoms with Crippen molar-refractivity contribution in [3.05, 3.63) is 77.7 Å². The molecule has 0 saturated heterocycles. The molecule has 0 aliphatic carbocycles. The maximum absolute atomic E-state index is 12.3. The number of amides is 1. The van der Waals surface area contributed by atoms with E-state index in [0.717, 1.165) is 17.0 Å². The van der Waals surface area contributed by atoms with E-state index >= 15 is 0 Å². The first kappa shape index (κ1) is 22.0. The summed E-state index contributed by atoms with van der Waals surface area (Å²) < 4.78 is 12.7. The van der Waals surface area contributed by atoms with Crippen LogP contribution in [0.25, 0.3) is 17.1 Å². The molecular weight excluding hydrogens is 448 g/mol. The second-order valence-corrected chi connectivity index (χ2v) is 8.10. The predicted molar refractivity (Wildman–Crippen MR) is 124 cm³/mol. The van der Waals surface area contributed by atoms with E-state index in [1.807, 2.05) is 66.1 Å². The average Bonchev–Trinajstić information content (AvgIpc) is 3.48. The summed E-state index contributed by atoms with van der Waals surface area (Å²) in [5.41, 5.74) is 1.73. The molecule has 4 rings (SSSR count). The minimum Gasteiger partial charge on any atom is -0.494 e. The lowest BCUT2D eigenvalue weighted by atomic mass is 10.2. The quantitative estimate of drug-likeness (QED) is 0.348. The van der Waals surface area contributed by atoms with Gasteiger partial charge >= 0.3 is 0 Å². The van der Waals surface area contributed by atoms with Crippen LogP contribution in [0.2, 0.25) is 5.02 Å². The second kappa shape index (κ2) is 10.4. The number of carbonyl (C=O) groups is 1. The van der Waals surface area contributed by atoms with Crippen LogP contribution in [0.15, 0.2) is 76.5 Å². The van der Waals surface area contributed by atoms with Crippen molar-refractivity contribution in [2.24, 2.45) is 0 Å². The summed E-state index contributed by atoms with van der Waals surface area (Å²) in [6.45, 7) is 2.88. The number of aromatic nitrogens is 3. The van der Waals surface area contributed by atoms with Crippen molar-refractivity contribution in [1.82, 2.24) is 20.1 Å². The number of thioether (sulfide) groups is 1. The molecule has 0 fully saturated rings. The number of nitrogens with zero attached hydrogens (tertiary/aromatic N) is 3. The van der Waals surface area contributed by atoms with Gasteiger partial charge in [-0.3, -0.25) is 9.36 Å². The van der Waals surface area contributed by atoms with Crippen LogP contribution in [-0.4, -0.2) is 33.0 Å². The molecule has 9 heteroatoms. The molecule has 2 aromatic heterocycles. The highest BCUT2D eigenvalue weighted by Gasteiger charge is 2.17. The fourth-order valence-corrected chi connectivity index (χ4v) is 3.93. The van der Waals surface area contributed by atoms with E-state index < -0.39 is 0 Å². The Kier molecular flexibility index (Phi) is 7.14. The predicted octanol–water partition coefficient (Wildman–Crippen LogP) is 4.99. The molecule has 2 heterocycles. The van der Waals surface area contributed by atoms with Gasteiger partial charge in [0, 0.05) is 16.3 Å². The molecule has 0 aliphatic heterocycles. The Balaban J connectivity index is 1.57. The van der Waals surface area contributed by atoms with Crippen molar-refractivity contribution >= 4 is 29.3 Å². The molecule has 4 aromatic rings. The van der Waals surface area contributed by atoms with Crippen LogP contribution in [0.5, 0.6) is 5.75 Å². The van der Waals surface area contributed by atoms with Gasteiger partial charge in [-0.2, -0.15) is 0 Å². The van der Waals surface area contributed by atoms with Crippen LogP contribution in [-0.2, 0) is 11.3 Å². The normalized spacial score (nSPS) is 10.8. The van der Waals surface area contributed by atoms with E-state index in [4.69, 9.17) is 20.8 Å². The van der Waals surface area contributed by atoms with Gasteiger partial charge in [0.05, 0.1) is 25.2 Å². The summed E-state index contributed by atoms with van der Waals surface area (Å²) in [6, 6.07) is 18.7. The zero-order chi connectivity index (χ0) is 22.3. The molecule has 0 atom stereocenters. The Hall–Kier alpha value is -3.23. The van der Waals surface area contributed by atoms with E-state index in [2.05, 4.69) is 15.5 Å². The van der Waals surface area contributed by atoms with Crippen LogP contribution >= 0.6 is 23.4 Å². The van der Waals surface area contributed by atoms with Gasteiger partial charge < -0.3 is 14.5 Å². The molecule has 0 spiro atoms. The molecule has 1 N–H and O–H groups in total. The van der Waals surface area contributed by atoms with Crippen LogP contribution in [0, 0.1) is 0 Å². The number of benzene rings is 2. The summed E-state index contributed by atoms with van der Waals surface area (Å²) >= 11 is 7.36. The van der Waals surface area contributed by atoms with E-state index in [1.54, 1.807) is 12.3 Å². The molecule has 164 valence electrons. The molecule has 0 radical (unpaired) electrons. The van der Waals surface area contributed by atoms with Gasteiger partial charge in [-0.25, -0.2) is 0 Å². The van der Waals surface area contributed by atoms with Gasteiger partial charge in [0.15, 0.2) is 11.0 Å². The van der Waals surface area contributed by atoms with Crippen molar-refractivity contribution in [2.75, 3.05) is 12.4 Å². The van der Waals surface area contributed by atoms with Gasteiger partial charge in [-0.05, 0) is 67.6 Å². The zero-order valence-electron chi connectivity index (χ0n) is 17.3. The van der Waals surface area contributed by atoms with E-state index in [0.29, 0.717) is 34.9 Å². The summed E-state index contributed by atoms with van der Waals surface area (Å²) in [5, 5.41) is 12.8. The van der Waals surface area contributed by atoms with Gasteiger partial charge in [-0.1, -0.05) is 23.4 Å². The molecular formula is C23H21ClN4O3S. The monoisotopic (exact) mass is 468 g/mol. The van der Waals surface area contributed by atoms with Gasteiger partial charge in [0.25, 0.3) is 0 Å². The third kappa shape index (κ3) is 5.33. The molecule has 7 nitrogen and oxygen atoms in total. The van der Waals surface area contributed by atoms with Gasteiger partial charge in [0.2, 0.25) is 5.91 Å². The lowest BCUT2D eigenvalue weighted by molar-refractivity contribution is -0.118. The van der Waals surface area contributed by atoms with E-state index in [1.165, 1.54) is 11.8 Å². The highest BCUT2D eigenvalue weighted by molar-refractivity contribution is 7.99. The fraction of sp³-hybridized carbons (Fsp3) is 0.174. The van der Waals surface area contributed by atoms with Gasteiger partial charge in [0.1, 0.15) is 11.5 Å². The number of nitrogens with one attached hydrogen (secondary N) is 1. The van der Waals surface area contributed by atoms with E-state index in [9.17, 15) is 4.79 Å². The lowest BCUT2D eigenvalue weighted by Gasteiger charge is -2.11. The fourth-order valence-electron chi connectivity index (χ4n) is 3.02. The summed E-state index contributed by atoms with van der Waals surface area (Å²) in [6.07, 6.45) is 1.58. The van der Waals surface area contributed by atoms with Crippen molar-refractivity contribution < 1.29 is 13.9 Å². The number of carbonyl (C=O) groups excluding carboxylic acids is 1. The van der Waals surface area contributed by atoms with Crippen molar-refractivity contribution in [1.29, 1.82) is 0 Å². The number of hydrogen-bond acceptors (Lipinski definition) is 6. The Bertz CT molecular complexity index is 1160. The minimum atomic E-state index is -0.124. The third-order valence-corrected chi connectivity index (χ3v) is 5.69. The van der Waals surface area contributed by atoms with Crippen molar-refractivity contribution in [3.8, 4) is 22.8 Å². The number of furan rings is 1. The molecule has 32 heavy (non-hydrogen) atoms. The number of ether oxygens (including phenoxy) is 1. The maximum atomic E-state index is 12.3. The average molecular weight is 469 g/mol. The van der Waals surface area contributed by atoms with Crippen LogP contribution < -0.4 is 10.1 Å². The van der Waals surface area contributed by atoms with Gasteiger partial charge in [-0.15, -0.1) is 10.2 Å². The second-order valence-electron chi connectivity index (χ2n) is 6.72. The highest BCUT2D eigenvalue weighted by atomic mass is 35.5. The topological polar surface area (TPSA) is 82.2 Å². The maximum Gasteiger partial charge on any atom is 0.230 e. The third-order valence-electron chi connectivity index (χ3n) is 4.51. The van der Waals surface area contributed by atoms with Crippen molar-refractivity contribution in [3.63, 3.8) is 0 Å². The van der Waals surface area contributed by atoms with Crippen LogP contribution in [0.1, 0.15) is 12.7 Å². The number of hydrogen-bond donors (Lipinski definition) is 1. The van der Waals surface area contributed by atoms with Crippen LogP contribution in [0.4, 0.5) is 0 Å². The Labute approximate surface area is 194 Å². The van der Waals surface area contributed by atoms with Crippen LogP contribution in [0.3, 0.4) is 0 Å². The first-order chi connectivity index (χ1) is 15.6. The summed E-state index contributed by atoms with van der Waals surface area (Å²) in [5.74, 6) is 2.20. The molecule has 0 aliphatic rings. The van der Waals surface area contributed by atoms with Crippen molar-refractivity contribution in [2.45, 2.75) is 18.6 Å². The zero-order valence-corrected chi connectivity index (χ0v) is 18.9. The molecule has 2 aromatic carbocycles. The smallest absolute Gasteiger partial charge is 0.230 e. The Morgan fingerprint density at radius 1 is 1.12 bits per heavy atom. The first-order valence-corrected chi connectivity index (χ1v) is 11.4. The number of halogens is 1. The minimum absolute atomic E-state index is 0.124. The number of rotatable bonds is 9. The van der Waals surface area contributed by atoms with E-state index in [-0.39, 0.29) is 11.7 Å². The Morgan fingerprint density at radius 3 is 2.59 bits per heavy atom. The molecule has 0 unspecified atom stereocenters. The first-order valence-electron chi connectivity index (χ1n) is 10.0. The SMILES string of the molecule is CCOc1ccc(-n2c(SCC(=O)NCc3ccco3)nnc2-c2ccc(Cl)cc2)cc1. The summed E-state index contributed by atoms with van der Waals surface area (Å²) in [7, 11) is 0. The standard InChI is InChI=1S/C23H21ClN4O3S/c1-2-30-19-11-9-18(10-12-19)28-22(16-5-7-17(24)8-6-16)26-27-23(28)32-15-21(29)25-14-20-4-3-13-31-20/h3-13H,2,14-15H2,1H3,(H,25,29).